The average molecular weight is 357 g/mol. The highest BCUT2D eigenvalue weighted by Gasteiger charge is 2.36. The molecule has 1 heterocycles. The third kappa shape index (κ3) is 4.21. The molecule has 0 radical (unpaired) electrons. The molecule has 1 aliphatic rings. The molecule has 0 saturated carbocycles. The normalized spacial score (nSPS) is 16.8. The Morgan fingerprint density at radius 2 is 1.32 bits per heavy atom. The maximum atomic E-state index is 14.2. The van der Waals surface area contributed by atoms with E-state index in [4.69, 9.17) is 5.73 Å². The van der Waals surface area contributed by atoms with E-state index in [1.807, 2.05) is 60.7 Å². The lowest BCUT2D eigenvalue weighted by Gasteiger charge is -2.39. The first-order chi connectivity index (χ1) is 12.2. The maximum Gasteiger partial charge on any atom is 0.207 e. The van der Waals surface area contributed by atoms with Gasteiger partial charge < -0.3 is 10.6 Å². The second kappa shape index (κ2) is 8.77. The minimum Gasteiger partial charge on any atom is -0.330 e. The molecular weight excluding hydrogens is 329 g/mol. The fourth-order valence-electron chi connectivity index (χ4n) is 3.46. The quantitative estimate of drug-likeness (QED) is 0.610. The Balaban J connectivity index is 1.79. The molecule has 0 atom stereocenters. The van der Waals surface area contributed by atoms with Gasteiger partial charge in [-0.1, -0.05) is 36.4 Å². The van der Waals surface area contributed by atoms with Gasteiger partial charge in [-0.05, 0) is 50.2 Å². The van der Waals surface area contributed by atoms with Crippen molar-refractivity contribution in [2.24, 2.45) is 5.73 Å². The molecule has 0 aliphatic carbocycles. The lowest BCUT2D eigenvalue weighted by atomic mass is 10.2. The van der Waals surface area contributed by atoms with Gasteiger partial charge in [-0.2, -0.15) is 0 Å². The van der Waals surface area contributed by atoms with Crippen molar-refractivity contribution >= 4 is 17.9 Å². The molecule has 5 heteroatoms. The van der Waals surface area contributed by atoms with E-state index >= 15 is 0 Å². The molecular formula is C20H28N3OP. The zero-order valence-electron chi connectivity index (χ0n) is 14.8. The maximum absolute atomic E-state index is 14.2. The number of nitrogens with two attached hydrogens (primary N) is 1. The van der Waals surface area contributed by atoms with Crippen molar-refractivity contribution < 1.29 is 4.57 Å². The van der Waals surface area contributed by atoms with E-state index in [-0.39, 0.29) is 0 Å². The van der Waals surface area contributed by atoms with Crippen molar-refractivity contribution in [2.45, 2.75) is 12.8 Å². The minimum atomic E-state index is -2.77. The number of benzene rings is 2. The largest absolute Gasteiger partial charge is 0.330 e. The van der Waals surface area contributed by atoms with Crippen molar-refractivity contribution in [3.8, 4) is 0 Å². The zero-order valence-corrected chi connectivity index (χ0v) is 15.7. The van der Waals surface area contributed by atoms with Crippen LogP contribution in [0.15, 0.2) is 60.7 Å². The number of hydrogen-bond acceptors (Lipinski definition) is 3. The van der Waals surface area contributed by atoms with Crippen LogP contribution in [0.2, 0.25) is 0 Å². The van der Waals surface area contributed by atoms with Crippen LogP contribution >= 0.6 is 7.29 Å². The second-order valence-electron chi connectivity index (χ2n) is 6.54. The number of rotatable bonds is 7. The molecule has 2 N–H and O–H groups in total. The van der Waals surface area contributed by atoms with Crippen molar-refractivity contribution in [2.75, 3.05) is 39.3 Å². The molecule has 134 valence electrons. The standard InChI is InChI=1S/C20H28N3OP/c21-13-7-8-14-22-15-17-23(18-16-22)25(24,19-9-3-1-4-10-19)20-11-5-2-6-12-20/h1-6,9-12H,7-8,13-18,21H2. The highest BCUT2D eigenvalue weighted by Crippen LogP contribution is 2.47. The summed E-state index contributed by atoms with van der Waals surface area (Å²) in [4.78, 5) is 2.46. The van der Waals surface area contributed by atoms with Gasteiger partial charge in [-0.15, -0.1) is 0 Å². The first-order valence-corrected chi connectivity index (χ1v) is 10.8. The monoisotopic (exact) mass is 357 g/mol. The topological polar surface area (TPSA) is 49.6 Å². The third-order valence-electron chi connectivity index (χ3n) is 4.89. The molecule has 4 nitrogen and oxygen atoms in total. The van der Waals surface area contributed by atoms with Gasteiger partial charge in [0.25, 0.3) is 0 Å². The van der Waals surface area contributed by atoms with Gasteiger partial charge in [0.1, 0.15) is 0 Å². The number of unbranched alkanes of at least 4 members (excludes halogenated alkanes) is 1. The van der Waals surface area contributed by atoms with Crippen LogP contribution in [-0.4, -0.2) is 48.8 Å². The SMILES string of the molecule is NCCCCN1CCN(P(=O)(c2ccccc2)c2ccccc2)CC1. The predicted molar refractivity (Wildman–Crippen MR) is 106 cm³/mol. The van der Waals surface area contributed by atoms with Crippen molar-refractivity contribution in [3.05, 3.63) is 60.7 Å². The van der Waals surface area contributed by atoms with E-state index in [1.54, 1.807) is 0 Å². The summed E-state index contributed by atoms with van der Waals surface area (Å²) in [5, 5.41) is 1.86. The fraction of sp³-hybridized carbons (Fsp3) is 0.400. The van der Waals surface area contributed by atoms with E-state index in [0.717, 1.165) is 62.7 Å². The molecule has 25 heavy (non-hydrogen) atoms. The van der Waals surface area contributed by atoms with E-state index < -0.39 is 7.29 Å². The molecule has 1 fully saturated rings. The van der Waals surface area contributed by atoms with Crippen LogP contribution in [0.5, 0.6) is 0 Å². The molecule has 0 bridgehead atoms. The van der Waals surface area contributed by atoms with E-state index in [2.05, 4.69) is 9.57 Å². The van der Waals surface area contributed by atoms with Crippen LogP contribution in [0.4, 0.5) is 0 Å². The summed E-state index contributed by atoms with van der Waals surface area (Å²) in [7, 11) is -2.77. The summed E-state index contributed by atoms with van der Waals surface area (Å²) in [6.07, 6.45) is 2.22. The van der Waals surface area contributed by atoms with E-state index in [9.17, 15) is 4.57 Å². The van der Waals surface area contributed by atoms with Crippen LogP contribution in [-0.2, 0) is 4.57 Å². The average Bonchev–Trinajstić information content (AvgIpc) is 2.69. The Morgan fingerprint density at radius 3 is 1.80 bits per heavy atom. The number of hydrogen-bond donors (Lipinski definition) is 1. The van der Waals surface area contributed by atoms with Gasteiger partial charge in [-0.25, -0.2) is 4.67 Å². The Labute approximate surface area is 151 Å². The van der Waals surface area contributed by atoms with Gasteiger partial charge in [0.15, 0.2) is 0 Å². The summed E-state index contributed by atoms with van der Waals surface area (Å²) in [5.74, 6) is 0. The van der Waals surface area contributed by atoms with Gasteiger partial charge in [0, 0.05) is 36.8 Å². The van der Waals surface area contributed by atoms with Gasteiger partial charge in [0.2, 0.25) is 7.29 Å². The summed E-state index contributed by atoms with van der Waals surface area (Å²) >= 11 is 0. The van der Waals surface area contributed by atoms with E-state index in [0.29, 0.717) is 0 Å². The minimum absolute atomic E-state index is 0.761. The zero-order chi connectivity index (χ0) is 17.5. The van der Waals surface area contributed by atoms with Crippen molar-refractivity contribution in [1.29, 1.82) is 0 Å². The highest BCUT2D eigenvalue weighted by atomic mass is 31.2. The molecule has 0 unspecified atom stereocenters. The lowest BCUT2D eigenvalue weighted by Crippen LogP contribution is -2.47. The van der Waals surface area contributed by atoms with Crippen molar-refractivity contribution in [3.63, 3.8) is 0 Å². The van der Waals surface area contributed by atoms with Gasteiger partial charge in [0.05, 0.1) is 0 Å². The Kier molecular flexibility index (Phi) is 6.44. The molecule has 0 aromatic heterocycles. The molecule has 1 aliphatic heterocycles. The number of nitrogens with zero attached hydrogens (tertiary/aromatic N) is 2. The Hall–Kier alpha value is -1.45. The second-order valence-corrected chi connectivity index (χ2v) is 9.29. The van der Waals surface area contributed by atoms with Crippen molar-refractivity contribution in [1.82, 2.24) is 9.57 Å². The molecule has 1 saturated heterocycles. The molecule has 0 amide bonds. The smallest absolute Gasteiger partial charge is 0.207 e. The van der Waals surface area contributed by atoms with Crippen LogP contribution < -0.4 is 16.3 Å². The fourth-order valence-corrected chi connectivity index (χ4v) is 6.30. The van der Waals surface area contributed by atoms with Crippen LogP contribution in [0.1, 0.15) is 12.8 Å². The molecule has 3 rings (SSSR count). The third-order valence-corrected chi connectivity index (χ3v) is 8.08. The molecule has 0 spiro atoms. The molecule has 2 aromatic rings. The lowest BCUT2D eigenvalue weighted by molar-refractivity contribution is 0.187. The summed E-state index contributed by atoms with van der Waals surface area (Å²) < 4.78 is 16.4. The number of piperazine rings is 1. The van der Waals surface area contributed by atoms with Crippen LogP contribution in [0.25, 0.3) is 0 Å². The van der Waals surface area contributed by atoms with Gasteiger partial charge in [-0.3, -0.25) is 4.57 Å². The summed E-state index contributed by atoms with van der Waals surface area (Å²) in [6, 6.07) is 19.9. The first kappa shape index (κ1) is 18.3. The highest BCUT2D eigenvalue weighted by molar-refractivity contribution is 7.76. The van der Waals surface area contributed by atoms with Crippen LogP contribution in [0.3, 0.4) is 0 Å². The van der Waals surface area contributed by atoms with Gasteiger partial charge >= 0.3 is 0 Å². The Morgan fingerprint density at radius 1 is 0.800 bits per heavy atom. The van der Waals surface area contributed by atoms with E-state index in [1.165, 1.54) is 0 Å². The summed E-state index contributed by atoms with van der Waals surface area (Å²) in [6.45, 7) is 5.46. The molecule has 2 aromatic carbocycles. The predicted octanol–water partition coefficient (Wildman–Crippen LogP) is 2.27. The summed E-state index contributed by atoms with van der Waals surface area (Å²) in [5.41, 5.74) is 5.59. The van der Waals surface area contributed by atoms with Crippen LogP contribution in [0, 0.1) is 0 Å². The Bertz CT molecular complexity index is 641. The first-order valence-electron chi connectivity index (χ1n) is 9.14.